The molecule has 0 saturated heterocycles. The first-order valence-electron chi connectivity index (χ1n) is 6.92. The Bertz CT molecular complexity index is 683. The molecule has 0 bridgehead atoms. The maximum absolute atomic E-state index is 12.1. The van der Waals surface area contributed by atoms with Gasteiger partial charge in [-0.3, -0.25) is 9.48 Å². The number of nitrogens with one attached hydrogen (secondary N) is 1. The van der Waals surface area contributed by atoms with Crippen LogP contribution in [0.15, 0.2) is 5.16 Å². The number of tetrazole rings is 1. The lowest BCUT2D eigenvalue weighted by atomic mass is 10.1. The molecule has 0 unspecified atom stereocenters. The van der Waals surface area contributed by atoms with Gasteiger partial charge in [-0.05, 0) is 45.0 Å². The third-order valence-corrected chi connectivity index (χ3v) is 4.10. The number of amides is 1. The molecule has 0 radical (unpaired) electrons. The number of carbonyl (C=O) groups excluding carboxylic acids is 1. The first-order chi connectivity index (χ1) is 10.2. The summed E-state index contributed by atoms with van der Waals surface area (Å²) < 4.78 is 3.46. The fourth-order valence-electron chi connectivity index (χ4n) is 1.95. The third-order valence-electron chi connectivity index (χ3n) is 3.18. The zero-order chi connectivity index (χ0) is 16.5. The van der Waals surface area contributed by atoms with Crippen molar-refractivity contribution in [2.45, 2.75) is 45.3 Å². The lowest BCUT2D eigenvalue weighted by Crippen LogP contribution is -2.24. The van der Waals surface area contributed by atoms with E-state index < -0.39 is 0 Å². The van der Waals surface area contributed by atoms with Crippen molar-refractivity contribution in [3.63, 3.8) is 0 Å². The van der Waals surface area contributed by atoms with Crippen molar-refractivity contribution < 1.29 is 4.79 Å². The van der Waals surface area contributed by atoms with Crippen LogP contribution in [0.2, 0.25) is 0 Å². The smallest absolute Gasteiger partial charge is 0.234 e. The molecular weight excluding hydrogens is 302 g/mol. The van der Waals surface area contributed by atoms with Crippen LogP contribution < -0.4 is 5.32 Å². The van der Waals surface area contributed by atoms with Gasteiger partial charge < -0.3 is 5.32 Å². The summed E-state index contributed by atoms with van der Waals surface area (Å²) in [5, 5.41) is 19.4. The topological polar surface area (TPSA) is 90.5 Å². The van der Waals surface area contributed by atoms with Crippen molar-refractivity contribution in [2.24, 2.45) is 7.05 Å². The number of nitrogens with zero attached hydrogens (tertiary/aromatic N) is 6. The molecule has 0 atom stereocenters. The average molecular weight is 323 g/mol. The molecule has 120 valence electrons. The van der Waals surface area contributed by atoms with E-state index in [9.17, 15) is 4.79 Å². The van der Waals surface area contributed by atoms with Crippen molar-refractivity contribution >= 4 is 23.4 Å². The van der Waals surface area contributed by atoms with E-state index in [-0.39, 0.29) is 17.2 Å². The number of anilines is 1. The van der Waals surface area contributed by atoms with E-state index in [1.54, 1.807) is 9.36 Å². The summed E-state index contributed by atoms with van der Waals surface area (Å²) in [4.78, 5) is 12.1. The zero-order valence-corrected chi connectivity index (χ0v) is 14.5. The Hall–Kier alpha value is -1.90. The van der Waals surface area contributed by atoms with Gasteiger partial charge >= 0.3 is 0 Å². The highest BCUT2D eigenvalue weighted by atomic mass is 32.2. The van der Waals surface area contributed by atoms with E-state index in [1.807, 2.05) is 41.7 Å². The summed E-state index contributed by atoms with van der Waals surface area (Å²) in [6, 6.07) is 0. The summed E-state index contributed by atoms with van der Waals surface area (Å²) in [6.45, 7) is 9.82. The van der Waals surface area contributed by atoms with Crippen molar-refractivity contribution in [2.75, 3.05) is 11.1 Å². The number of hydrogen-bond donors (Lipinski definition) is 1. The summed E-state index contributed by atoms with van der Waals surface area (Å²) in [5.74, 6) is 0.136. The summed E-state index contributed by atoms with van der Waals surface area (Å²) in [7, 11) is 1.85. The van der Waals surface area contributed by atoms with Gasteiger partial charge in [0, 0.05) is 7.05 Å². The molecule has 2 aromatic heterocycles. The molecule has 9 heteroatoms. The molecular formula is C13H21N7OS. The molecule has 0 aliphatic rings. The maximum Gasteiger partial charge on any atom is 0.234 e. The van der Waals surface area contributed by atoms with E-state index in [1.165, 1.54) is 11.8 Å². The Labute approximate surface area is 133 Å². The minimum Gasteiger partial charge on any atom is -0.322 e. The van der Waals surface area contributed by atoms with Crippen LogP contribution in [-0.2, 0) is 17.4 Å². The molecule has 0 saturated carbocycles. The number of aryl methyl sites for hydroxylation is 2. The van der Waals surface area contributed by atoms with Crippen LogP contribution >= 0.6 is 11.8 Å². The first-order valence-corrected chi connectivity index (χ1v) is 7.90. The van der Waals surface area contributed by atoms with E-state index in [0.29, 0.717) is 5.16 Å². The third kappa shape index (κ3) is 3.46. The molecule has 0 aromatic carbocycles. The molecule has 0 aliphatic carbocycles. The molecule has 22 heavy (non-hydrogen) atoms. The van der Waals surface area contributed by atoms with Gasteiger partial charge in [0.05, 0.1) is 28.4 Å². The Balaban J connectivity index is 2.01. The van der Waals surface area contributed by atoms with Crippen LogP contribution in [0.5, 0.6) is 0 Å². The molecule has 0 spiro atoms. The van der Waals surface area contributed by atoms with Crippen LogP contribution in [0, 0.1) is 13.8 Å². The van der Waals surface area contributed by atoms with Crippen molar-refractivity contribution in [1.29, 1.82) is 0 Å². The largest absolute Gasteiger partial charge is 0.322 e. The number of rotatable bonds is 4. The predicted molar refractivity (Wildman–Crippen MR) is 84.8 cm³/mol. The van der Waals surface area contributed by atoms with Gasteiger partial charge in [0.2, 0.25) is 11.1 Å². The van der Waals surface area contributed by atoms with Crippen LogP contribution in [0.3, 0.4) is 0 Å². The van der Waals surface area contributed by atoms with Gasteiger partial charge in [0.1, 0.15) is 0 Å². The molecule has 8 nitrogen and oxygen atoms in total. The Morgan fingerprint density at radius 1 is 1.32 bits per heavy atom. The number of aromatic nitrogens is 6. The van der Waals surface area contributed by atoms with Gasteiger partial charge in [0.25, 0.3) is 0 Å². The standard InChI is InChI=1S/C13H21N7OS/c1-8-11(9(2)19(6)16-8)14-10(21)7-22-12-15-17-18-20(12)13(3,4)5/h7H2,1-6H3,(H,14,21). The molecule has 1 amide bonds. The molecule has 1 N–H and O–H groups in total. The Morgan fingerprint density at radius 3 is 2.55 bits per heavy atom. The summed E-state index contributed by atoms with van der Waals surface area (Å²) in [6.07, 6.45) is 0. The normalized spacial score (nSPS) is 11.7. The van der Waals surface area contributed by atoms with Gasteiger partial charge in [-0.2, -0.15) is 5.10 Å². The fourth-order valence-corrected chi connectivity index (χ4v) is 2.81. The van der Waals surface area contributed by atoms with Gasteiger partial charge in [-0.15, -0.1) is 5.10 Å². The van der Waals surface area contributed by atoms with Crippen LogP contribution in [0.1, 0.15) is 32.2 Å². The van der Waals surface area contributed by atoms with Crippen LogP contribution in [-0.4, -0.2) is 41.6 Å². The van der Waals surface area contributed by atoms with Gasteiger partial charge in [-0.1, -0.05) is 11.8 Å². The summed E-state index contributed by atoms with van der Waals surface area (Å²) >= 11 is 1.31. The van der Waals surface area contributed by atoms with E-state index >= 15 is 0 Å². The second kappa shape index (κ2) is 6.07. The quantitative estimate of drug-likeness (QED) is 0.858. The molecule has 2 heterocycles. The Kier molecular flexibility index (Phi) is 4.55. The highest BCUT2D eigenvalue weighted by Gasteiger charge is 2.21. The highest BCUT2D eigenvalue weighted by molar-refractivity contribution is 7.99. The summed E-state index contributed by atoms with van der Waals surface area (Å²) in [5.41, 5.74) is 2.27. The lowest BCUT2D eigenvalue weighted by molar-refractivity contribution is -0.113. The van der Waals surface area contributed by atoms with E-state index in [0.717, 1.165) is 17.1 Å². The minimum atomic E-state index is -0.223. The number of thioether (sulfide) groups is 1. The van der Waals surface area contributed by atoms with Crippen molar-refractivity contribution in [1.82, 2.24) is 30.0 Å². The van der Waals surface area contributed by atoms with Crippen LogP contribution in [0.25, 0.3) is 0 Å². The second-order valence-corrected chi connectivity index (χ2v) is 6.99. The maximum atomic E-state index is 12.1. The predicted octanol–water partition coefficient (Wildman–Crippen LogP) is 1.51. The zero-order valence-electron chi connectivity index (χ0n) is 13.7. The fraction of sp³-hybridized carbons (Fsp3) is 0.615. The molecule has 2 aromatic rings. The first kappa shape index (κ1) is 16.5. The molecule has 0 aliphatic heterocycles. The number of carbonyl (C=O) groups is 1. The monoisotopic (exact) mass is 323 g/mol. The average Bonchev–Trinajstić information content (AvgIpc) is 2.97. The van der Waals surface area contributed by atoms with Crippen molar-refractivity contribution in [3.05, 3.63) is 11.4 Å². The van der Waals surface area contributed by atoms with Gasteiger partial charge in [0.15, 0.2) is 0 Å². The SMILES string of the molecule is Cc1nn(C)c(C)c1NC(=O)CSc1nnnn1C(C)(C)C. The van der Waals surface area contributed by atoms with E-state index in [2.05, 4.69) is 25.9 Å². The van der Waals surface area contributed by atoms with Gasteiger partial charge in [-0.25, -0.2) is 4.68 Å². The second-order valence-electron chi connectivity index (χ2n) is 6.05. The number of hydrogen-bond acceptors (Lipinski definition) is 6. The Morgan fingerprint density at radius 2 is 2.00 bits per heavy atom. The minimum absolute atomic E-state index is 0.104. The molecule has 0 fully saturated rings. The van der Waals surface area contributed by atoms with Crippen molar-refractivity contribution in [3.8, 4) is 0 Å². The highest BCUT2D eigenvalue weighted by Crippen LogP contribution is 2.22. The van der Waals surface area contributed by atoms with Crippen LogP contribution in [0.4, 0.5) is 5.69 Å². The lowest BCUT2D eigenvalue weighted by Gasteiger charge is -2.19. The van der Waals surface area contributed by atoms with E-state index in [4.69, 9.17) is 0 Å². The molecule has 2 rings (SSSR count).